The van der Waals surface area contributed by atoms with Gasteiger partial charge in [0.05, 0.1) is 17.4 Å². The van der Waals surface area contributed by atoms with Gasteiger partial charge in [-0.2, -0.15) is 0 Å². The van der Waals surface area contributed by atoms with Crippen molar-refractivity contribution in [1.82, 2.24) is 10.3 Å². The summed E-state index contributed by atoms with van der Waals surface area (Å²) in [5.74, 6) is 0.0780. The molecular weight excluding hydrogens is 226 g/mol. The van der Waals surface area contributed by atoms with E-state index in [1.54, 1.807) is 12.4 Å². The normalized spacial score (nSPS) is 23.0. The molecule has 2 rings (SSSR count). The average Bonchev–Trinajstić information content (AvgIpc) is 2.79. The van der Waals surface area contributed by atoms with E-state index in [9.17, 15) is 4.79 Å². The Morgan fingerprint density at radius 1 is 1.56 bits per heavy atom. The van der Waals surface area contributed by atoms with E-state index in [2.05, 4.69) is 22.5 Å². The summed E-state index contributed by atoms with van der Waals surface area (Å²) in [5, 5.41) is 6.36. The van der Waals surface area contributed by atoms with E-state index in [4.69, 9.17) is 0 Å². The number of nitrogens with zero attached hydrogens (tertiary/aromatic N) is 1. The molecule has 4 nitrogen and oxygen atoms in total. The number of hydrogen-bond acceptors (Lipinski definition) is 3. The molecule has 4 heteroatoms. The number of aromatic nitrogens is 1. The highest BCUT2D eigenvalue weighted by molar-refractivity contribution is 5.98. The number of carbonyl (C=O) groups excluding carboxylic acids is 1. The average molecular weight is 247 g/mol. The van der Waals surface area contributed by atoms with Crippen LogP contribution in [0.15, 0.2) is 18.5 Å². The maximum atomic E-state index is 12.4. The van der Waals surface area contributed by atoms with Gasteiger partial charge in [0, 0.05) is 6.20 Å². The lowest BCUT2D eigenvalue weighted by atomic mass is 9.91. The summed E-state index contributed by atoms with van der Waals surface area (Å²) in [6.45, 7) is 5.01. The molecule has 1 aliphatic heterocycles. The molecule has 0 bridgehead atoms. The number of anilines is 1. The molecule has 0 radical (unpaired) electrons. The molecular formula is C14H21N3O. The van der Waals surface area contributed by atoms with Gasteiger partial charge in [0.15, 0.2) is 0 Å². The van der Waals surface area contributed by atoms with Crippen LogP contribution in [0.25, 0.3) is 0 Å². The SMILES string of the molecule is CCCC1(C(=O)Nc2cncc(C)c2)CCCN1. The molecule has 1 amide bonds. The predicted octanol–water partition coefficient (Wildman–Crippen LogP) is 2.25. The first kappa shape index (κ1) is 13.0. The highest BCUT2D eigenvalue weighted by atomic mass is 16.2. The highest BCUT2D eigenvalue weighted by Gasteiger charge is 2.39. The van der Waals surface area contributed by atoms with Gasteiger partial charge in [0.2, 0.25) is 5.91 Å². The van der Waals surface area contributed by atoms with Crippen molar-refractivity contribution in [2.75, 3.05) is 11.9 Å². The first-order chi connectivity index (χ1) is 8.66. The van der Waals surface area contributed by atoms with Gasteiger partial charge in [0.1, 0.15) is 0 Å². The van der Waals surface area contributed by atoms with E-state index in [0.717, 1.165) is 43.5 Å². The van der Waals surface area contributed by atoms with Gasteiger partial charge >= 0.3 is 0 Å². The van der Waals surface area contributed by atoms with E-state index < -0.39 is 0 Å². The second kappa shape index (κ2) is 5.48. The molecule has 0 spiro atoms. The van der Waals surface area contributed by atoms with Crippen LogP contribution in [0.1, 0.15) is 38.2 Å². The number of pyridine rings is 1. The fourth-order valence-corrected chi connectivity index (χ4v) is 2.63. The Morgan fingerprint density at radius 3 is 3.00 bits per heavy atom. The zero-order chi connectivity index (χ0) is 13.0. The molecule has 1 aromatic heterocycles. The minimum absolute atomic E-state index is 0.0780. The van der Waals surface area contributed by atoms with Crippen molar-refractivity contribution in [3.63, 3.8) is 0 Å². The van der Waals surface area contributed by atoms with Crippen LogP contribution < -0.4 is 10.6 Å². The lowest BCUT2D eigenvalue weighted by molar-refractivity contribution is -0.122. The molecule has 1 saturated heterocycles. The largest absolute Gasteiger partial charge is 0.323 e. The van der Waals surface area contributed by atoms with Crippen molar-refractivity contribution >= 4 is 11.6 Å². The topological polar surface area (TPSA) is 54.0 Å². The molecule has 2 heterocycles. The lowest BCUT2D eigenvalue weighted by Gasteiger charge is -2.27. The maximum Gasteiger partial charge on any atom is 0.244 e. The smallest absolute Gasteiger partial charge is 0.244 e. The van der Waals surface area contributed by atoms with E-state index >= 15 is 0 Å². The summed E-state index contributed by atoms with van der Waals surface area (Å²) in [5.41, 5.74) is 1.46. The van der Waals surface area contributed by atoms with Gasteiger partial charge < -0.3 is 10.6 Å². The van der Waals surface area contributed by atoms with Gasteiger partial charge in [-0.1, -0.05) is 13.3 Å². The third kappa shape index (κ3) is 2.70. The molecule has 1 atom stereocenters. The second-order valence-electron chi connectivity index (χ2n) is 5.07. The van der Waals surface area contributed by atoms with E-state index in [-0.39, 0.29) is 11.4 Å². The number of hydrogen-bond donors (Lipinski definition) is 2. The van der Waals surface area contributed by atoms with Gasteiger partial charge in [-0.3, -0.25) is 9.78 Å². The van der Waals surface area contributed by atoms with Crippen molar-refractivity contribution in [3.8, 4) is 0 Å². The van der Waals surface area contributed by atoms with Crippen molar-refractivity contribution in [2.24, 2.45) is 0 Å². The molecule has 0 saturated carbocycles. The van der Waals surface area contributed by atoms with Crippen molar-refractivity contribution in [1.29, 1.82) is 0 Å². The molecule has 0 aliphatic carbocycles. The Balaban J connectivity index is 2.10. The second-order valence-corrected chi connectivity index (χ2v) is 5.07. The van der Waals surface area contributed by atoms with Gasteiger partial charge in [0.25, 0.3) is 0 Å². The van der Waals surface area contributed by atoms with Crippen LogP contribution in [-0.4, -0.2) is 23.0 Å². The van der Waals surface area contributed by atoms with Crippen LogP contribution in [0.3, 0.4) is 0 Å². The first-order valence-corrected chi connectivity index (χ1v) is 6.64. The highest BCUT2D eigenvalue weighted by Crippen LogP contribution is 2.26. The fraction of sp³-hybridized carbons (Fsp3) is 0.571. The predicted molar refractivity (Wildman–Crippen MR) is 72.5 cm³/mol. The molecule has 1 unspecified atom stereocenters. The van der Waals surface area contributed by atoms with Gasteiger partial charge in [-0.25, -0.2) is 0 Å². The van der Waals surface area contributed by atoms with Crippen LogP contribution in [0, 0.1) is 6.92 Å². The van der Waals surface area contributed by atoms with Crippen LogP contribution in [0.4, 0.5) is 5.69 Å². The van der Waals surface area contributed by atoms with Crippen LogP contribution in [-0.2, 0) is 4.79 Å². The van der Waals surface area contributed by atoms with E-state index in [1.165, 1.54) is 0 Å². The molecule has 1 aromatic rings. The van der Waals surface area contributed by atoms with Crippen molar-refractivity contribution in [3.05, 3.63) is 24.0 Å². The Hall–Kier alpha value is -1.42. The van der Waals surface area contributed by atoms with Crippen LogP contribution in [0.2, 0.25) is 0 Å². The number of rotatable bonds is 4. The standard InChI is InChI=1S/C14H21N3O/c1-3-5-14(6-4-7-16-14)13(18)17-12-8-11(2)9-15-10-12/h8-10,16H,3-7H2,1-2H3,(H,17,18). The third-order valence-electron chi connectivity index (χ3n) is 3.49. The van der Waals surface area contributed by atoms with Gasteiger partial charge in [-0.15, -0.1) is 0 Å². The number of nitrogens with one attached hydrogen (secondary N) is 2. The zero-order valence-electron chi connectivity index (χ0n) is 11.1. The lowest BCUT2D eigenvalue weighted by Crippen LogP contribution is -2.50. The summed E-state index contributed by atoms with van der Waals surface area (Å²) in [4.78, 5) is 16.5. The molecule has 98 valence electrons. The van der Waals surface area contributed by atoms with Crippen LogP contribution >= 0.6 is 0 Å². The van der Waals surface area contributed by atoms with Crippen molar-refractivity contribution in [2.45, 2.75) is 45.1 Å². The monoisotopic (exact) mass is 247 g/mol. The Labute approximate surface area is 108 Å². The maximum absolute atomic E-state index is 12.4. The van der Waals surface area contributed by atoms with E-state index in [0.29, 0.717) is 0 Å². The van der Waals surface area contributed by atoms with E-state index in [1.807, 2.05) is 13.0 Å². The summed E-state index contributed by atoms with van der Waals surface area (Å²) < 4.78 is 0. The third-order valence-corrected chi connectivity index (χ3v) is 3.49. The molecule has 1 fully saturated rings. The number of aryl methyl sites for hydroxylation is 1. The van der Waals surface area contributed by atoms with Crippen LogP contribution in [0.5, 0.6) is 0 Å². The Bertz CT molecular complexity index is 425. The summed E-state index contributed by atoms with van der Waals surface area (Å²) >= 11 is 0. The Kier molecular flexibility index (Phi) is 3.97. The molecule has 18 heavy (non-hydrogen) atoms. The van der Waals surface area contributed by atoms with Gasteiger partial charge in [-0.05, 0) is 44.4 Å². The molecule has 2 N–H and O–H groups in total. The zero-order valence-corrected chi connectivity index (χ0v) is 11.1. The first-order valence-electron chi connectivity index (χ1n) is 6.64. The summed E-state index contributed by atoms with van der Waals surface area (Å²) in [7, 11) is 0. The molecule has 1 aliphatic rings. The van der Waals surface area contributed by atoms with Crippen molar-refractivity contribution < 1.29 is 4.79 Å². The Morgan fingerprint density at radius 2 is 2.39 bits per heavy atom. The minimum Gasteiger partial charge on any atom is -0.323 e. The fourth-order valence-electron chi connectivity index (χ4n) is 2.63. The quantitative estimate of drug-likeness (QED) is 0.858. The molecule has 0 aromatic carbocycles. The number of carbonyl (C=O) groups is 1. The minimum atomic E-state index is -0.376. The number of amides is 1. The summed E-state index contributed by atoms with van der Waals surface area (Å²) in [6, 6.07) is 1.94. The summed E-state index contributed by atoms with van der Waals surface area (Å²) in [6.07, 6.45) is 7.36.